The van der Waals surface area contributed by atoms with Gasteiger partial charge in [-0.2, -0.15) is 4.31 Å². The lowest BCUT2D eigenvalue weighted by molar-refractivity contribution is -0.118. The van der Waals surface area contributed by atoms with Crippen molar-refractivity contribution < 1.29 is 18.0 Å². The highest BCUT2D eigenvalue weighted by Gasteiger charge is 2.35. The third-order valence-corrected chi connectivity index (χ3v) is 7.29. The molecule has 0 unspecified atom stereocenters. The van der Waals surface area contributed by atoms with Crippen LogP contribution in [0.3, 0.4) is 0 Å². The van der Waals surface area contributed by atoms with E-state index in [-0.39, 0.29) is 22.9 Å². The monoisotopic (exact) mass is 424 g/mol. The molecule has 0 radical (unpaired) electrons. The van der Waals surface area contributed by atoms with Gasteiger partial charge in [0.2, 0.25) is 15.9 Å². The molecule has 1 aliphatic heterocycles. The average Bonchev–Trinajstić information content (AvgIpc) is 2.60. The van der Waals surface area contributed by atoms with Crippen molar-refractivity contribution in [1.29, 1.82) is 0 Å². The number of rotatable bonds is 7. The predicted molar refractivity (Wildman–Crippen MR) is 113 cm³/mol. The first-order valence-electron chi connectivity index (χ1n) is 10.0. The fourth-order valence-electron chi connectivity index (χ4n) is 3.81. The molecule has 1 aromatic carbocycles. The molecule has 1 fully saturated rings. The fourth-order valence-corrected chi connectivity index (χ4v) is 5.69. The molecule has 1 aromatic rings. The summed E-state index contributed by atoms with van der Waals surface area (Å²) in [6.45, 7) is 7.74. The van der Waals surface area contributed by atoms with Crippen LogP contribution in [0.1, 0.15) is 53.4 Å². The highest BCUT2D eigenvalue weighted by Crippen LogP contribution is 2.30. The summed E-state index contributed by atoms with van der Waals surface area (Å²) in [7, 11) is -3.61. The number of sulfonamides is 1. The van der Waals surface area contributed by atoms with E-state index in [1.54, 1.807) is 16.4 Å². The number of primary amides is 1. The van der Waals surface area contributed by atoms with E-state index in [9.17, 15) is 18.0 Å². The van der Waals surface area contributed by atoms with Crippen molar-refractivity contribution in [2.45, 2.75) is 76.4 Å². The smallest absolute Gasteiger partial charge is 0.312 e. The van der Waals surface area contributed by atoms with Gasteiger partial charge in [0.1, 0.15) is 6.04 Å². The van der Waals surface area contributed by atoms with E-state index in [2.05, 4.69) is 10.6 Å². The molecular weight excluding hydrogens is 392 g/mol. The van der Waals surface area contributed by atoms with E-state index in [4.69, 9.17) is 5.73 Å². The second kappa shape index (κ2) is 9.58. The van der Waals surface area contributed by atoms with Gasteiger partial charge in [-0.15, -0.1) is 0 Å². The molecule has 29 heavy (non-hydrogen) atoms. The lowest BCUT2D eigenvalue weighted by atomic mass is 10.0. The first-order chi connectivity index (χ1) is 13.5. The van der Waals surface area contributed by atoms with Crippen molar-refractivity contribution >= 4 is 27.6 Å². The van der Waals surface area contributed by atoms with Crippen molar-refractivity contribution in [3.05, 3.63) is 24.3 Å². The predicted octanol–water partition coefficient (Wildman–Crippen LogP) is 2.66. The average molecular weight is 425 g/mol. The van der Waals surface area contributed by atoms with E-state index in [0.717, 1.165) is 19.3 Å². The van der Waals surface area contributed by atoms with E-state index >= 15 is 0 Å². The van der Waals surface area contributed by atoms with Crippen molar-refractivity contribution in [2.24, 2.45) is 11.7 Å². The Hall–Kier alpha value is -2.13. The highest BCUT2D eigenvalue weighted by atomic mass is 32.2. The molecule has 0 spiro atoms. The first kappa shape index (κ1) is 23.2. The molecular formula is C20H32N4O4S. The van der Waals surface area contributed by atoms with Gasteiger partial charge in [0.25, 0.3) is 0 Å². The van der Waals surface area contributed by atoms with Crippen LogP contribution in [0.15, 0.2) is 29.2 Å². The van der Waals surface area contributed by atoms with Gasteiger partial charge in [0, 0.05) is 17.8 Å². The number of piperidine rings is 1. The molecule has 0 bridgehead atoms. The minimum Gasteiger partial charge on any atom is -0.352 e. The third kappa shape index (κ3) is 5.93. The summed E-state index contributed by atoms with van der Waals surface area (Å²) < 4.78 is 27.7. The first-order valence-corrected chi connectivity index (χ1v) is 11.5. The Morgan fingerprint density at radius 3 is 2.17 bits per heavy atom. The van der Waals surface area contributed by atoms with Gasteiger partial charge in [0.15, 0.2) is 0 Å². The van der Waals surface area contributed by atoms with Gasteiger partial charge in [-0.3, -0.25) is 4.79 Å². The van der Waals surface area contributed by atoms with E-state index in [1.165, 1.54) is 12.1 Å². The number of nitrogens with two attached hydrogens (primary N) is 1. The zero-order chi connectivity index (χ0) is 21.8. The van der Waals surface area contributed by atoms with Crippen molar-refractivity contribution in [1.82, 2.24) is 9.62 Å². The van der Waals surface area contributed by atoms with E-state index in [0.29, 0.717) is 12.1 Å². The molecule has 3 amide bonds. The molecule has 1 heterocycles. The molecule has 8 nitrogen and oxygen atoms in total. The molecule has 1 saturated heterocycles. The van der Waals surface area contributed by atoms with Crippen molar-refractivity contribution in [3.8, 4) is 0 Å². The Kier molecular flexibility index (Phi) is 7.65. The lowest BCUT2D eigenvalue weighted by Crippen LogP contribution is -2.47. The third-order valence-electron chi connectivity index (χ3n) is 5.15. The van der Waals surface area contributed by atoms with Crippen LogP contribution in [0.4, 0.5) is 10.5 Å². The Balaban J connectivity index is 2.14. The maximum atomic E-state index is 13.1. The summed E-state index contributed by atoms with van der Waals surface area (Å²) in [6, 6.07) is 4.50. The normalized spacial score (nSPS) is 21.6. The Morgan fingerprint density at radius 1 is 1.14 bits per heavy atom. The summed E-state index contributed by atoms with van der Waals surface area (Å²) in [5, 5.41) is 5.15. The zero-order valence-electron chi connectivity index (χ0n) is 17.5. The molecule has 3 atom stereocenters. The number of nitrogens with zero attached hydrogens (tertiary/aromatic N) is 1. The number of anilines is 1. The Morgan fingerprint density at radius 2 is 1.69 bits per heavy atom. The van der Waals surface area contributed by atoms with E-state index in [1.807, 2.05) is 27.7 Å². The number of nitrogens with one attached hydrogen (secondary N) is 2. The molecule has 162 valence electrons. The van der Waals surface area contributed by atoms with Crippen LogP contribution < -0.4 is 16.4 Å². The summed E-state index contributed by atoms with van der Waals surface area (Å²) >= 11 is 0. The van der Waals surface area contributed by atoms with Crippen LogP contribution in [0.5, 0.6) is 0 Å². The molecule has 0 aromatic heterocycles. The fraction of sp³-hybridized carbons (Fsp3) is 0.600. The molecule has 4 N–H and O–H groups in total. The van der Waals surface area contributed by atoms with Gasteiger partial charge in [-0.05, 0) is 63.3 Å². The number of hydrogen-bond acceptors (Lipinski definition) is 4. The van der Waals surface area contributed by atoms with Crippen LogP contribution in [0.2, 0.25) is 0 Å². The summed E-state index contributed by atoms with van der Waals surface area (Å²) in [5.74, 6) is -0.218. The van der Waals surface area contributed by atoms with Crippen LogP contribution in [0, 0.1) is 5.92 Å². The van der Waals surface area contributed by atoms with Crippen LogP contribution in [0.25, 0.3) is 0 Å². The summed E-state index contributed by atoms with van der Waals surface area (Å²) in [6.07, 6.45) is 3.16. The van der Waals surface area contributed by atoms with Crippen molar-refractivity contribution in [2.75, 3.05) is 5.32 Å². The summed E-state index contributed by atoms with van der Waals surface area (Å²) in [4.78, 5) is 23.9. The standard InChI is InChI=1S/C20H32N4O4S/c1-13(2)12-18(23-20(21)26)19(25)22-16-8-10-17(11-9-16)29(27,28)24-14(3)6-5-7-15(24)4/h8-11,13-15,18H,5-7,12H2,1-4H3,(H,22,25)(H3,21,23,26)/t14-,15+,18-/m0/s1. The second-order valence-electron chi connectivity index (χ2n) is 8.17. The van der Waals surface area contributed by atoms with Gasteiger partial charge in [-0.25, -0.2) is 13.2 Å². The zero-order valence-corrected chi connectivity index (χ0v) is 18.3. The van der Waals surface area contributed by atoms with Gasteiger partial charge >= 0.3 is 6.03 Å². The number of carbonyl (C=O) groups is 2. The number of amides is 3. The quantitative estimate of drug-likeness (QED) is 0.623. The van der Waals surface area contributed by atoms with Crippen LogP contribution >= 0.6 is 0 Å². The highest BCUT2D eigenvalue weighted by molar-refractivity contribution is 7.89. The lowest BCUT2D eigenvalue weighted by Gasteiger charge is -2.37. The van der Waals surface area contributed by atoms with Gasteiger partial charge in [0.05, 0.1) is 4.90 Å². The van der Waals surface area contributed by atoms with Gasteiger partial charge in [-0.1, -0.05) is 20.3 Å². The maximum Gasteiger partial charge on any atom is 0.312 e. The number of hydrogen-bond donors (Lipinski definition) is 3. The largest absolute Gasteiger partial charge is 0.352 e. The molecule has 9 heteroatoms. The van der Waals surface area contributed by atoms with E-state index < -0.39 is 28.0 Å². The minimum absolute atomic E-state index is 0.0419. The van der Waals surface area contributed by atoms with Crippen LogP contribution in [-0.2, 0) is 14.8 Å². The molecule has 0 saturated carbocycles. The minimum atomic E-state index is -3.61. The molecule has 0 aliphatic carbocycles. The molecule has 1 aliphatic rings. The maximum absolute atomic E-state index is 13.1. The Bertz CT molecular complexity index is 813. The number of benzene rings is 1. The topological polar surface area (TPSA) is 122 Å². The summed E-state index contributed by atoms with van der Waals surface area (Å²) in [5.41, 5.74) is 5.61. The number of urea groups is 1. The number of carbonyl (C=O) groups excluding carboxylic acids is 2. The van der Waals surface area contributed by atoms with Crippen molar-refractivity contribution in [3.63, 3.8) is 0 Å². The van der Waals surface area contributed by atoms with Gasteiger partial charge < -0.3 is 16.4 Å². The molecule has 2 rings (SSSR count). The van der Waals surface area contributed by atoms with Crippen LogP contribution in [-0.4, -0.2) is 42.8 Å². The SMILES string of the molecule is CC(C)C[C@H](NC(N)=O)C(=O)Nc1ccc(S(=O)(=O)N2[C@H](C)CCC[C@@H]2C)cc1. The second-order valence-corrected chi connectivity index (χ2v) is 10.0. The Labute approximate surface area is 173 Å².